The highest BCUT2D eigenvalue weighted by atomic mass is 16.6. The van der Waals surface area contributed by atoms with Crippen molar-refractivity contribution in [3.63, 3.8) is 0 Å². The summed E-state index contributed by atoms with van der Waals surface area (Å²) in [5.74, 6) is 0.731. The molecule has 0 aromatic carbocycles. The molecule has 0 aliphatic heterocycles. The first-order valence-corrected chi connectivity index (χ1v) is 4.42. The van der Waals surface area contributed by atoms with Gasteiger partial charge in [-0.2, -0.15) is 0 Å². The Balaban J connectivity index is 2.14. The number of carbonyl (C=O) groups excluding carboxylic acids is 1. The number of hydrogen-bond acceptors (Lipinski definition) is 3. The molecule has 1 aliphatic carbocycles. The summed E-state index contributed by atoms with van der Waals surface area (Å²) in [7, 11) is 1.53. The number of carbonyl (C=O) groups is 1. The van der Waals surface area contributed by atoms with Gasteiger partial charge in [-0.05, 0) is 25.7 Å². The first-order valence-electron chi connectivity index (χ1n) is 4.42. The number of ketones is 1. The van der Waals surface area contributed by atoms with Gasteiger partial charge in [0, 0.05) is 18.6 Å². The van der Waals surface area contributed by atoms with E-state index >= 15 is 0 Å². The van der Waals surface area contributed by atoms with E-state index in [1.165, 1.54) is 7.11 Å². The molecule has 1 unspecified atom stereocenters. The average molecular weight is 169 g/mol. The van der Waals surface area contributed by atoms with Crippen LogP contribution >= 0.6 is 0 Å². The minimum absolute atomic E-state index is 0.299. The van der Waals surface area contributed by atoms with Crippen molar-refractivity contribution < 1.29 is 9.63 Å². The molecular weight excluding hydrogens is 154 g/mol. The van der Waals surface area contributed by atoms with Gasteiger partial charge in [0.15, 0.2) is 0 Å². The SMILES string of the molecule is CO/N=C/CCC1CCCC1=O. The van der Waals surface area contributed by atoms with Gasteiger partial charge >= 0.3 is 0 Å². The van der Waals surface area contributed by atoms with Crippen LogP contribution in [0.4, 0.5) is 0 Å². The lowest BCUT2D eigenvalue weighted by atomic mass is 10.0. The second kappa shape index (κ2) is 4.91. The molecular formula is C9H15NO2. The molecule has 3 heteroatoms. The second-order valence-electron chi connectivity index (χ2n) is 3.10. The van der Waals surface area contributed by atoms with Crippen molar-refractivity contribution in [1.82, 2.24) is 0 Å². The lowest BCUT2D eigenvalue weighted by molar-refractivity contribution is -0.120. The van der Waals surface area contributed by atoms with Crippen LogP contribution in [-0.2, 0) is 9.63 Å². The van der Waals surface area contributed by atoms with Gasteiger partial charge in [0.1, 0.15) is 12.9 Å². The topological polar surface area (TPSA) is 38.7 Å². The molecule has 0 spiro atoms. The lowest BCUT2D eigenvalue weighted by Crippen LogP contribution is -2.05. The Bertz CT molecular complexity index is 177. The molecule has 0 N–H and O–H groups in total. The van der Waals surface area contributed by atoms with Gasteiger partial charge in [0.2, 0.25) is 0 Å². The summed E-state index contributed by atoms with van der Waals surface area (Å²) in [6, 6.07) is 0. The molecule has 0 heterocycles. The zero-order valence-corrected chi connectivity index (χ0v) is 7.45. The standard InChI is InChI=1S/C9H15NO2/c1-12-10-7-3-5-8-4-2-6-9(8)11/h7-8H,2-6H2,1H3/b10-7+. The van der Waals surface area contributed by atoms with E-state index in [1.807, 2.05) is 0 Å². The van der Waals surface area contributed by atoms with E-state index < -0.39 is 0 Å². The Morgan fingerprint density at radius 1 is 1.75 bits per heavy atom. The van der Waals surface area contributed by atoms with Crippen LogP contribution in [0.1, 0.15) is 32.1 Å². The van der Waals surface area contributed by atoms with Crippen molar-refractivity contribution in [3.05, 3.63) is 0 Å². The molecule has 0 radical (unpaired) electrons. The molecule has 0 amide bonds. The fourth-order valence-electron chi connectivity index (χ4n) is 1.60. The van der Waals surface area contributed by atoms with Gasteiger partial charge in [-0.15, -0.1) is 0 Å². The van der Waals surface area contributed by atoms with Crippen LogP contribution in [0.3, 0.4) is 0 Å². The zero-order chi connectivity index (χ0) is 8.81. The molecule has 3 nitrogen and oxygen atoms in total. The largest absolute Gasteiger partial charge is 0.399 e. The molecule has 68 valence electrons. The third-order valence-corrected chi connectivity index (χ3v) is 2.26. The normalized spacial score (nSPS) is 23.8. The van der Waals surface area contributed by atoms with E-state index in [2.05, 4.69) is 9.99 Å². The van der Waals surface area contributed by atoms with Crippen molar-refractivity contribution in [3.8, 4) is 0 Å². The van der Waals surface area contributed by atoms with E-state index in [1.54, 1.807) is 6.21 Å². The minimum atomic E-state index is 0.299. The summed E-state index contributed by atoms with van der Waals surface area (Å²) >= 11 is 0. The fourth-order valence-corrected chi connectivity index (χ4v) is 1.60. The van der Waals surface area contributed by atoms with Gasteiger partial charge in [0.25, 0.3) is 0 Å². The Morgan fingerprint density at radius 3 is 3.17 bits per heavy atom. The van der Waals surface area contributed by atoms with E-state index in [0.29, 0.717) is 11.7 Å². The van der Waals surface area contributed by atoms with Gasteiger partial charge in [-0.25, -0.2) is 0 Å². The summed E-state index contributed by atoms with van der Waals surface area (Å²) < 4.78 is 0. The van der Waals surface area contributed by atoms with Crippen molar-refractivity contribution in [2.24, 2.45) is 11.1 Å². The van der Waals surface area contributed by atoms with Crippen LogP contribution in [0.2, 0.25) is 0 Å². The zero-order valence-electron chi connectivity index (χ0n) is 7.45. The van der Waals surface area contributed by atoms with Crippen LogP contribution < -0.4 is 0 Å². The van der Waals surface area contributed by atoms with Crippen LogP contribution in [0.15, 0.2) is 5.16 Å². The predicted octanol–water partition coefficient (Wildman–Crippen LogP) is 1.77. The Kier molecular flexibility index (Phi) is 3.77. The third-order valence-electron chi connectivity index (χ3n) is 2.26. The highest BCUT2D eigenvalue weighted by Crippen LogP contribution is 2.24. The van der Waals surface area contributed by atoms with Gasteiger partial charge in [0.05, 0.1) is 0 Å². The fraction of sp³-hybridized carbons (Fsp3) is 0.778. The first kappa shape index (κ1) is 9.23. The summed E-state index contributed by atoms with van der Waals surface area (Å²) in [6.45, 7) is 0. The van der Waals surface area contributed by atoms with E-state index in [-0.39, 0.29) is 0 Å². The van der Waals surface area contributed by atoms with E-state index in [9.17, 15) is 4.79 Å². The number of rotatable bonds is 4. The number of nitrogens with zero attached hydrogens (tertiary/aromatic N) is 1. The van der Waals surface area contributed by atoms with Crippen molar-refractivity contribution >= 4 is 12.0 Å². The molecule has 1 saturated carbocycles. The number of hydrogen-bond donors (Lipinski definition) is 0. The molecule has 12 heavy (non-hydrogen) atoms. The van der Waals surface area contributed by atoms with Crippen molar-refractivity contribution in [1.29, 1.82) is 0 Å². The number of oxime groups is 1. The summed E-state index contributed by atoms with van der Waals surface area (Å²) in [5, 5.41) is 3.62. The van der Waals surface area contributed by atoms with Crippen LogP contribution in [0.5, 0.6) is 0 Å². The molecule has 1 fully saturated rings. The van der Waals surface area contributed by atoms with Crippen LogP contribution in [0, 0.1) is 5.92 Å². The maximum absolute atomic E-state index is 11.2. The predicted molar refractivity (Wildman–Crippen MR) is 47.1 cm³/mol. The highest BCUT2D eigenvalue weighted by molar-refractivity contribution is 5.83. The van der Waals surface area contributed by atoms with Gasteiger partial charge in [-0.1, -0.05) is 5.16 Å². The smallest absolute Gasteiger partial charge is 0.135 e. The first-order chi connectivity index (χ1) is 5.84. The van der Waals surface area contributed by atoms with Gasteiger partial charge in [-0.3, -0.25) is 4.79 Å². The van der Waals surface area contributed by atoms with Crippen molar-refractivity contribution in [2.45, 2.75) is 32.1 Å². The number of Topliss-reactive ketones (excluding diaryl/α,β-unsaturated/α-hetero) is 1. The highest BCUT2D eigenvalue weighted by Gasteiger charge is 2.22. The van der Waals surface area contributed by atoms with E-state index in [4.69, 9.17) is 0 Å². The lowest BCUT2D eigenvalue weighted by Gasteiger charge is -2.03. The molecule has 0 saturated heterocycles. The van der Waals surface area contributed by atoms with E-state index in [0.717, 1.165) is 32.1 Å². The quantitative estimate of drug-likeness (QED) is 0.475. The molecule has 1 aliphatic rings. The average Bonchev–Trinajstić information content (AvgIpc) is 2.46. The Labute approximate surface area is 72.8 Å². The monoisotopic (exact) mass is 169 g/mol. The summed E-state index contributed by atoms with van der Waals surface area (Å²) in [4.78, 5) is 15.7. The summed E-state index contributed by atoms with van der Waals surface area (Å²) in [5.41, 5.74) is 0. The summed E-state index contributed by atoms with van der Waals surface area (Å²) in [6.07, 6.45) is 6.44. The van der Waals surface area contributed by atoms with Crippen molar-refractivity contribution in [2.75, 3.05) is 7.11 Å². The Hall–Kier alpha value is -0.860. The molecule has 0 bridgehead atoms. The maximum Gasteiger partial charge on any atom is 0.135 e. The third kappa shape index (κ3) is 2.64. The van der Waals surface area contributed by atoms with Crippen LogP contribution in [0.25, 0.3) is 0 Å². The maximum atomic E-state index is 11.2. The molecule has 1 rings (SSSR count). The Morgan fingerprint density at radius 2 is 2.58 bits per heavy atom. The molecule has 0 aromatic rings. The minimum Gasteiger partial charge on any atom is -0.399 e. The second-order valence-corrected chi connectivity index (χ2v) is 3.10. The van der Waals surface area contributed by atoms with Gasteiger partial charge < -0.3 is 4.84 Å². The molecule has 1 atom stereocenters. The molecule has 0 aromatic heterocycles. The van der Waals surface area contributed by atoms with Crippen LogP contribution in [-0.4, -0.2) is 19.1 Å².